The minimum absolute atomic E-state index is 0.0161. The van der Waals surface area contributed by atoms with Crippen molar-refractivity contribution in [3.05, 3.63) is 70.3 Å². The maximum Gasteiger partial charge on any atom is 0.255 e. The number of carbonyl (C=O) groups is 2. The number of nitrogens with zero attached hydrogens (tertiary/aromatic N) is 5. The van der Waals surface area contributed by atoms with Crippen molar-refractivity contribution in [1.82, 2.24) is 24.8 Å². The van der Waals surface area contributed by atoms with Crippen LogP contribution in [0.3, 0.4) is 0 Å². The number of rotatable bonds is 3. The fourth-order valence-electron chi connectivity index (χ4n) is 3.88. The summed E-state index contributed by atoms with van der Waals surface area (Å²) in [7, 11) is 0. The highest BCUT2D eigenvalue weighted by molar-refractivity contribution is 6.34. The number of hydrogen-bond donors (Lipinski definition) is 1. The Morgan fingerprint density at radius 1 is 1.03 bits per heavy atom. The van der Waals surface area contributed by atoms with Gasteiger partial charge in [-0.15, -0.1) is 0 Å². The third-order valence-electron chi connectivity index (χ3n) is 5.86. The van der Waals surface area contributed by atoms with Crippen molar-refractivity contribution in [3.63, 3.8) is 0 Å². The topological polar surface area (TPSA) is 105 Å². The molecule has 1 aliphatic heterocycles. The Morgan fingerprint density at radius 3 is 2.40 bits per heavy atom. The third kappa shape index (κ3) is 5.42. The largest absolute Gasteiger partial charge is 0.384 e. The van der Waals surface area contributed by atoms with Gasteiger partial charge < -0.3 is 15.5 Å². The molecule has 0 saturated carbocycles. The Morgan fingerprint density at radius 2 is 1.77 bits per heavy atom. The van der Waals surface area contributed by atoms with Crippen molar-refractivity contribution in [3.8, 4) is 23.1 Å². The standard InChI is InChI=1S/C26H25ClN6O2/c1-3-23-21(7-4-18-5-9-24(28)29-15-18)25(31-16-30-23)19-6-8-20(22(27)14-19)26(35)33-12-10-32(11-13-33)17(2)34/h5-6,8-9,14-16H,3,10-13H2,1-2H3,(H2,28,29). The van der Waals surface area contributed by atoms with E-state index in [2.05, 4.69) is 26.8 Å². The first kappa shape index (κ1) is 24.2. The molecule has 1 aromatic carbocycles. The quantitative estimate of drug-likeness (QED) is 0.568. The lowest BCUT2D eigenvalue weighted by Crippen LogP contribution is -2.50. The smallest absolute Gasteiger partial charge is 0.255 e. The van der Waals surface area contributed by atoms with E-state index >= 15 is 0 Å². The molecular formula is C26H25ClN6O2. The lowest BCUT2D eigenvalue weighted by molar-refractivity contribution is -0.130. The summed E-state index contributed by atoms with van der Waals surface area (Å²) in [6.07, 6.45) is 3.80. The normalized spacial score (nSPS) is 13.2. The average molecular weight is 489 g/mol. The van der Waals surface area contributed by atoms with Crippen LogP contribution in [0.1, 0.15) is 41.0 Å². The highest BCUT2D eigenvalue weighted by Gasteiger charge is 2.25. The zero-order valence-corrected chi connectivity index (χ0v) is 20.3. The minimum atomic E-state index is -0.155. The summed E-state index contributed by atoms with van der Waals surface area (Å²) in [6, 6.07) is 8.77. The molecule has 0 spiro atoms. The van der Waals surface area contributed by atoms with Crippen molar-refractivity contribution in [2.75, 3.05) is 31.9 Å². The van der Waals surface area contributed by atoms with Crippen molar-refractivity contribution in [2.45, 2.75) is 20.3 Å². The average Bonchev–Trinajstić information content (AvgIpc) is 2.87. The second-order valence-corrected chi connectivity index (χ2v) is 8.52. The molecule has 2 aromatic heterocycles. The third-order valence-corrected chi connectivity index (χ3v) is 6.18. The predicted molar refractivity (Wildman–Crippen MR) is 135 cm³/mol. The highest BCUT2D eigenvalue weighted by atomic mass is 35.5. The molecule has 1 saturated heterocycles. The second-order valence-electron chi connectivity index (χ2n) is 8.11. The van der Waals surface area contributed by atoms with Crippen LogP contribution < -0.4 is 5.73 Å². The number of amides is 2. The molecule has 2 N–H and O–H groups in total. The molecule has 0 unspecified atom stereocenters. The van der Waals surface area contributed by atoms with Crippen molar-refractivity contribution in [2.24, 2.45) is 0 Å². The van der Waals surface area contributed by atoms with Gasteiger partial charge in [0, 0.05) is 50.4 Å². The summed E-state index contributed by atoms with van der Waals surface area (Å²) >= 11 is 6.57. The lowest BCUT2D eigenvalue weighted by Gasteiger charge is -2.34. The number of halogens is 1. The van der Waals surface area contributed by atoms with E-state index in [9.17, 15) is 9.59 Å². The first-order valence-corrected chi connectivity index (χ1v) is 11.7. The van der Waals surface area contributed by atoms with Crippen LogP contribution in [0.25, 0.3) is 11.3 Å². The maximum absolute atomic E-state index is 13.1. The number of pyridine rings is 1. The van der Waals surface area contributed by atoms with Gasteiger partial charge in [-0.25, -0.2) is 15.0 Å². The molecule has 1 fully saturated rings. The summed E-state index contributed by atoms with van der Waals surface area (Å²) in [5.41, 5.74) is 9.68. The molecule has 178 valence electrons. The number of nitrogens with two attached hydrogens (primary N) is 1. The van der Waals surface area contributed by atoms with E-state index in [-0.39, 0.29) is 11.8 Å². The molecule has 2 amide bonds. The van der Waals surface area contributed by atoms with Crippen molar-refractivity contribution < 1.29 is 9.59 Å². The zero-order valence-electron chi connectivity index (χ0n) is 19.6. The number of carbonyl (C=O) groups excluding carboxylic acids is 2. The van der Waals surface area contributed by atoms with Gasteiger partial charge in [0.15, 0.2) is 0 Å². The summed E-state index contributed by atoms with van der Waals surface area (Å²) in [5.74, 6) is 6.57. The number of anilines is 1. The molecular weight excluding hydrogens is 464 g/mol. The van der Waals surface area contributed by atoms with Crippen LogP contribution in [-0.2, 0) is 11.2 Å². The molecule has 0 atom stereocenters. The van der Waals surface area contributed by atoms with Gasteiger partial charge in [0.25, 0.3) is 5.91 Å². The molecule has 1 aliphatic rings. The monoisotopic (exact) mass is 488 g/mol. The number of aryl methyl sites for hydroxylation is 1. The molecule has 9 heteroatoms. The van der Waals surface area contributed by atoms with Gasteiger partial charge in [-0.2, -0.15) is 0 Å². The molecule has 0 bridgehead atoms. The van der Waals surface area contributed by atoms with Crippen LogP contribution in [0.4, 0.5) is 5.82 Å². The van der Waals surface area contributed by atoms with Gasteiger partial charge >= 0.3 is 0 Å². The number of aromatic nitrogens is 3. The predicted octanol–water partition coefficient (Wildman–Crippen LogP) is 3.04. The van der Waals surface area contributed by atoms with Gasteiger partial charge in [0.05, 0.1) is 27.5 Å². The molecule has 35 heavy (non-hydrogen) atoms. The molecule has 0 radical (unpaired) electrons. The first-order chi connectivity index (χ1) is 16.9. The molecule has 0 aliphatic carbocycles. The van der Waals surface area contributed by atoms with Crippen LogP contribution >= 0.6 is 11.6 Å². The van der Waals surface area contributed by atoms with Crippen molar-refractivity contribution >= 4 is 29.2 Å². The first-order valence-electron chi connectivity index (χ1n) is 11.3. The highest BCUT2D eigenvalue weighted by Crippen LogP contribution is 2.28. The summed E-state index contributed by atoms with van der Waals surface area (Å²) < 4.78 is 0. The Kier molecular flexibility index (Phi) is 7.28. The van der Waals surface area contributed by atoms with Gasteiger partial charge in [0.1, 0.15) is 12.1 Å². The Bertz CT molecular complexity index is 1320. The van der Waals surface area contributed by atoms with Crippen LogP contribution in [0.15, 0.2) is 42.9 Å². The zero-order chi connectivity index (χ0) is 24.9. The minimum Gasteiger partial charge on any atom is -0.384 e. The number of nitrogen functional groups attached to an aromatic ring is 1. The van der Waals surface area contributed by atoms with Gasteiger partial charge in [-0.1, -0.05) is 36.4 Å². The van der Waals surface area contributed by atoms with E-state index in [1.807, 2.05) is 13.0 Å². The summed E-state index contributed by atoms with van der Waals surface area (Å²) in [4.78, 5) is 41.0. The van der Waals surface area contributed by atoms with E-state index in [0.29, 0.717) is 60.3 Å². The van der Waals surface area contributed by atoms with Crippen LogP contribution in [0.5, 0.6) is 0 Å². The Balaban J connectivity index is 1.63. The summed E-state index contributed by atoms with van der Waals surface area (Å²) in [5, 5.41) is 0.333. The van der Waals surface area contributed by atoms with Crippen LogP contribution in [0.2, 0.25) is 5.02 Å². The van der Waals surface area contributed by atoms with E-state index in [1.165, 1.54) is 13.3 Å². The molecule has 3 aromatic rings. The van der Waals surface area contributed by atoms with E-state index in [4.69, 9.17) is 17.3 Å². The molecule has 4 rings (SSSR count). The van der Waals surface area contributed by atoms with Crippen LogP contribution in [-0.4, -0.2) is 62.7 Å². The lowest BCUT2D eigenvalue weighted by atomic mass is 10.0. The Labute approximate surface area is 209 Å². The summed E-state index contributed by atoms with van der Waals surface area (Å²) in [6.45, 7) is 5.52. The van der Waals surface area contributed by atoms with E-state index in [1.54, 1.807) is 40.3 Å². The second kappa shape index (κ2) is 10.5. The van der Waals surface area contributed by atoms with Gasteiger partial charge in [-0.05, 0) is 30.7 Å². The Hall–Kier alpha value is -3.96. The molecule has 8 nitrogen and oxygen atoms in total. The number of hydrogen-bond acceptors (Lipinski definition) is 6. The number of piperazine rings is 1. The van der Waals surface area contributed by atoms with E-state index in [0.717, 1.165) is 16.8 Å². The van der Waals surface area contributed by atoms with E-state index < -0.39 is 0 Å². The number of benzene rings is 1. The van der Waals surface area contributed by atoms with Crippen LogP contribution in [0, 0.1) is 11.8 Å². The van der Waals surface area contributed by atoms with Crippen molar-refractivity contribution in [1.29, 1.82) is 0 Å². The maximum atomic E-state index is 13.1. The van der Waals surface area contributed by atoms with Gasteiger partial charge in [0.2, 0.25) is 5.91 Å². The SMILES string of the molecule is CCc1ncnc(-c2ccc(C(=O)N3CCN(C(C)=O)CC3)c(Cl)c2)c1C#Cc1ccc(N)nc1. The fourth-order valence-corrected chi connectivity index (χ4v) is 4.15. The fraction of sp³-hybridized carbons (Fsp3) is 0.269. The molecule has 3 heterocycles. The van der Waals surface area contributed by atoms with Gasteiger partial charge in [-0.3, -0.25) is 9.59 Å².